The topological polar surface area (TPSA) is 137 Å². The summed E-state index contributed by atoms with van der Waals surface area (Å²) in [5.74, 6) is -4.30. The van der Waals surface area contributed by atoms with Gasteiger partial charge in [-0.05, 0) is 66.8 Å². The summed E-state index contributed by atoms with van der Waals surface area (Å²) >= 11 is 1.31. The van der Waals surface area contributed by atoms with Crippen LogP contribution >= 0.6 is 11.3 Å². The lowest BCUT2D eigenvalue weighted by Crippen LogP contribution is -2.46. The number of carbonyl (C=O) groups excluding carboxylic acids is 3. The highest BCUT2D eigenvalue weighted by Crippen LogP contribution is 2.53. The van der Waals surface area contributed by atoms with Crippen molar-refractivity contribution in [2.75, 3.05) is 0 Å². The summed E-state index contributed by atoms with van der Waals surface area (Å²) in [6, 6.07) is 13.0. The Hall–Kier alpha value is -4.64. The number of ketones is 1. The number of non-ortho nitro benzene ring substituents is 1. The van der Waals surface area contributed by atoms with Gasteiger partial charge >= 0.3 is 0 Å². The van der Waals surface area contributed by atoms with Crippen molar-refractivity contribution in [3.05, 3.63) is 121 Å². The third-order valence-corrected chi connectivity index (χ3v) is 8.30. The van der Waals surface area contributed by atoms with Crippen molar-refractivity contribution in [2.45, 2.75) is 31.8 Å². The lowest BCUT2D eigenvalue weighted by molar-refractivity contribution is -0.385. The van der Waals surface area contributed by atoms with Crippen LogP contribution in [0, 0.1) is 35.7 Å². The van der Waals surface area contributed by atoms with E-state index in [2.05, 4.69) is 0 Å². The first-order valence-corrected chi connectivity index (χ1v) is 13.2. The molecule has 0 spiro atoms. The van der Waals surface area contributed by atoms with Gasteiger partial charge in [-0.25, -0.2) is 4.39 Å². The number of hydrogen-bond donors (Lipinski definition) is 1. The molecule has 9 nitrogen and oxygen atoms in total. The van der Waals surface area contributed by atoms with Crippen molar-refractivity contribution < 1.29 is 28.1 Å². The molecule has 0 aliphatic carbocycles. The predicted octanol–water partition coefficient (Wildman–Crippen LogP) is 5.34. The number of nitrogens with two attached hydrogens (primary N) is 1. The molecule has 204 valence electrons. The lowest BCUT2D eigenvalue weighted by atomic mass is 9.79. The van der Waals surface area contributed by atoms with Gasteiger partial charge in [0.25, 0.3) is 11.6 Å². The average Bonchev–Trinajstić information content (AvgIpc) is 3.64. The number of rotatable bonds is 7. The fraction of sp³-hybridized carbons (Fsp3) is 0.207. The van der Waals surface area contributed by atoms with Crippen LogP contribution < -0.4 is 5.73 Å². The minimum absolute atomic E-state index is 0.0143. The summed E-state index contributed by atoms with van der Waals surface area (Å²) in [5.41, 5.74) is 6.67. The van der Waals surface area contributed by atoms with Gasteiger partial charge in [-0.15, -0.1) is 11.3 Å². The molecule has 3 heterocycles. The number of halogens is 1. The van der Waals surface area contributed by atoms with Crippen molar-refractivity contribution >= 4 is 34.6 Å². The standard InChI is InChI=1S/C29H24FN3O6S/c1-15-11-12-40-27(15)23-22(26(34)21-10-9-16(2)39-21)24(17-5-4-8-20(14-17)33(37)38)32(25(23)28(31)35)29(36)18-6-3-7-19(30)13-18/h3-14,22-25H,1-2H3,(H2,31,35). The highest BCUT2D eigenvalue weighted by molar-refractivity contribution is 7.10. The highest BCUT2D eigenvalue weighted by Gasteiger charge is 2.58. The molecule has 1 aliphatic heterocycles. The monoisotopic (exact) mass is 561 g/mol. The molecular weight excluding hydrogens is 537 g/mol. The molecule has 2 amide bonds. The van der Waals surface area contributed by atoms with Gasteiger partial charge in [0, 0.05) is 28.5 Å². The zero-order chi connectivity index (χ0) is 28.7. The summed E-state index contributed by atoms with van der Waals surface area (Å²) in [5, 5.41) is 13.5. The van der Waals surface area contributed by atoms with E-state index in [0.29, 0.717) is 10.6 Å². The molecule has 1 aliphatic rings. The second kappa shape index (κ2) is 10.5. The Bertz CT molecular complexity index is 1650. The minimum Gasteiger partial charge on any atom is -0.458 e. The van der Waals surface area contributed by atoms with Crippen molar-refractivity contribution in [1.82, 2.24) is 4.90 Å². The Morgan fingerprint density at radius 3 is 2.40 bits per heavy atom. The Kier molecular flexibility index (Phi) is 7.07. The summed E-state index contributed by atoms with van der Waals surface area (Å²) in [6.07, 6.45) is 0. The maximum absolute atomic E-state index is 14.2. The van der Waals surface area contributed by atoms with Crippen LogP contribution in [0.3, 0.4) is 0 Å². The first-order valence-electron chi connectivity index (χ1n) is 12.3. The SMILES string of the molecule is Cc1ccc(C(=O)C2C(c3sccc3C)C(C(N)=O)N(C(=O)c3cccc(F)c3)C2c2cccc([N+](=O)[O-])c2)o1. The zero-order valence-corrected chi connectivity index (χ0v) is 22.3. The lowest BCUT2D eigenvalue weighted by Gasteiger charge is -2.30. The van der Waals surface area contributed by atoms with E-state index in [1.165, 1.54) is 58.7 Å². The van der Waals surface area contributed by atoms with Crippen molar-refractivity contribution in [1.29, 1.82) is 0 Å². The fourth-order valence-corrected chi connectivity index (χ4v) is 6.61. The van der Waals surface area contributed by atoms with Crippen molar-refractivity contribution in [2.24, 2.45) is 11.7 Å². The molecule has 2 N–H and O–H groups in total. The molecule has 2 aromatic heterocycles. The van der Waals surface area contributed by atoms with E-state index >= 15 is 0 Å². The van der Waals surface area contributed by atoms with Gasteiger partial charge in [-0.3, -0.25) is 24.5 Å². The van der Waals surface area contributed by atoms with Gasteiger partial charge < -0.3 is 15.1 Å². The molecule has 1 saturated heterocycles. The largest absolute Gasteiger partial charge is 0.458 e. The summed E-state index contributed by atoms with van der Waals surface area (Å²) in [4.78, 5) is 54.5. The number of primary amides is 1. The molecule has 40 heavy (non-hydrogen) atoms. The maximum Gasteiger partial charge on any atom is 0.269 e. The summed E-state index contributed by atoms with van der Waals surface area (Å²) in [7, 11) is 0. The van der Waals surface area contributed by atoms with Gasteiger partial charge in [0.1, 0.15) is 17.6 Å². The van der Waals surface area contributed by atoms with E-state index in [9.17, 15) is 28.9 Å². The van der Waals surface area contributed by atoms with Crippen LogP contribution in [0.2, 0.25) is 0 Å². The predicted molar refractivity (Wildman–Crippen MR) is 144 cm³/mol. The first-order chi connectivity index (χ1) is 19.1. The van der Waals surface area contributed by atoms with Crippen LogP contribution in [0.5, 0.6) is 0 Å². The van der Waals surface area contributed by atoms with Crippen LogP contribution in [0.15, 0.2) is 76.5 Å². The van der Waals surface area contributed by atoms with Gasteiger partial charge in [0.2, 0.25) is 11.7 Å². The van der Waals surface area contributed by atoms with Gasteiger partial charge in [0.05, 0.1) is 16.9 Å². The Morgan fingerprint density at radius 2 is 1.80 bits per heavy atom. The van der Waals surface area contributed by atoms with Gasteiger partial charge in [-0.2, -0.15) is 0 Å². The molecule has 1 fully saturated rings. The molecule has 4 aromatic rings. The number of furan rings is 1. The number of nitro benzene ring substituents is 1. The van der Waals surface area contributed by atoms with E-state index in [1.807, 2.05) is 13.0 Å². The number of nitro groups is 1. The second-order valence-electron chi connectivity index (χ2n) is 9.66. The molecule has 0 bridgehead atoms. The number of carbonyl (C=O) groups is 3. The molecule has 4 unspecified atom stereocenters. The number of aryl methyl sites for hydroxylation is 2. The fourth-order valence-electron chi connectivity index (χ4n) is 5.51. The molecule has 11 heteroatoms. The number of likely N-dealkylation sites (tertiary alicyclic amines) is 1. The average molecular weight is 562 g/mol. The van der Waals surface area contributed by atoms with Crippen molar-refractivity contribution in [3.63, 3.8) is 0 Å². The number of benzene rings is 2. The van der Waals surface area contributed by atoms with E-state index in [0.717, 1.165) is 11.6 Å². The van der Waals surface area contributed by atoms with E-state index in [4.69, 9.17) is 10.2 Å². The van der Waals surface area contributed by atoms with E-state index in [-0.39, 0.29) is 22.6 Å². The third kappa shape index (κ3) is 4.68. The number of amides is 2. The smallest absolute Gasteiger partial charge is 0.269 e. The molecule has 0 radical (unpaired) electrons. The van der Waals surface area contributed by atoms with Crippen molar-refractivity contribution in [3.8, 4) is 0 Å². The number of Topliss-reactive ketones (excluding diaryl/α,β-unsaturated/α-hetero) is 1. The Labute approximate surface area is 232 Å². The van der Waals surface area contributed by atoms with Gasteiger partial charge in [0.15, 0.2) is 5.76 Å². The van der Waals surface area contributed by atoms with Gasteiger partial charge in [-0.1, -0.05) is 18.2 Å². The number of nitrogens with zero attached hydrogens (tertiary/aromatic N) is 2. The summed E-state index contributed by atoms with van der Waals surface area (Å²) < 4.78 is 19.9. The summed E-state index contributed by atoms with van der Waals surface area (Å²) in [6.45, 7) is 3.50. The van der Waals surface area contributed by atoms with Crippen LogP contribution in [0.25, 0.3) is 0 Å². The maximum atomic E-state index is 14.2. The molecule has 5 rings (SSSR count). The van der Waals surface area contributed by atoms with Crippen LogP contribution in [-0.4, -0.2) is 33.5 Å². The quantitative estimate of drug-likeness (QED) is 0.184. The van der Waals surface area contributed by atoms with Crippen LogP contribution in [0.4, 0.5) is 10.1 Å². The molecule has 2 aromatic carbocycles. The molecule has 0 saturated carbocycles. The Morgan fingerprint density at radius 1 is 1.05 bits per heavy atom. The van der Waals surface area contributed by atoms with Crippen LogP contribution in [0.1, 0.15) is 54.6 Å². The highest BCUT2D eigenvalue weighted by atomic mass is 32.1. The normalized spacial score (nSPS) is 20.4. The minimum atomic E-state index is -1.33. The molecule has 4 atom stereocenters. The first kappa shape index (κ1) is 26.9. The van der Waals surface area contributed by atoms with E-state index < -0.39 is 52.3 Å². The Balaban J connectivity index is 1.80. The third-order valence-electron chi connectivity index (χ3n) is 7.18. The second-order valence-corrected chi connectivity index (χ2v) is 10.6. The van der Waals surface area contributed by atoms with E-state index in [1.54, 1.807) is 24.4 Å². The number of hydrogen-bond acceptors (Lipinski definition) is 7. The van der Waals surface area contributed by atoms with Crippen LogP contribution in [-0.2, 0) is 4.79 Å². The molecular formula is C29H24FN3O6S. The zero-order valence-electron chi connectivity index (χ0n) is 21.4. The number of thiophene rings is 1.